The van der Waals surface area contributed by atoms with Crippen molar-refractivity contribution < 1.29 is 22.6 Å². The topological polar surface area (TPSA) is 104 Å². The number of carbonyl (C=O) groups excluding carboxylic acids is 2. The average Bonchev–Trinajstić information content (AvgIpc) is 2.70. The van der Waals surface area contributed by atoms with E-state index < -0.39 is 10.1 Å². The summed E-state index contributed by atoms with van der Waals surface area (Å²) < 4.78 is 30.6. The molecule has 8 heteroatoms. The van der Waals surface area contributed by atoms with Crippen LogP contribution in [0.1, 0.15) is 13.3 Å². The molecule has 100 valence electrons. The predicted molar refractivity (Wildman–Crippen MR) is 66.5 cm³/mol. The zero-order valence-electron chi connectivity index (χ0n) is 9.90. The largest absolute Gasteiger partial charge is 0.294 e. The Morgan fingerprint density at radius 3 is 2.32 bits per heavy atom. The second-order valence-electron chi connectivity index (χ2n) is 3.95. The number of rotatable bonds is 3. The van der Waals surface area contributed by atoms with E-state index in [1.54, 1.807) is 0 Å². The van der Waals surface area contributed by atoms with E-state index in [0.717, 1.165) is 17.1 Å². The van der Waals surface area contributed by atoms with Gasteiger partial charge in [0, 0.05) is 6.92 Å². The van der Waals surface area contributed by atoms with Crippen molar-refractivity contribution in [1.82, 2.24) is 0 Å². The molecule has 0 aliphatic carbocycles. The third kappa shape index (κ3) is 2.69. The summed E-state index contributed by atoms with van der Waals surface area (Å²) in [5.74, 6) is -0.657. The molecular weight excluding hydrogens is 272 g/mol. The smallest absolute Gasteiger partial charge is 0.293 e. The van der Waals surface area contributed by atoms with Gasteiger partial charge in [-0.15, -0.1) is 0 Å². The van der Waals surface area contributed by atoms with Crippen molar-refractivity contribution in [3.8, 4) is 0 Å². The van der Waals surface area contributed by atoms with Crippen molar-refractivity contribution in [2.75, 3.05) is 5.01 Å². The van der Waals surface area contributed by atoms with Gasteiger partial charge in [-0.25, -0.2) is 5.01 Å². The van der Waals surface area contributed by atoms with Crippen molar-refractivity contribution in [1.29, 1.82) is 0 Å². The summed E-state index contributed by atoms with van der Waals surface area (Å²) in [5, 5.41) is 4.90. The molecule has 0 aromatic heterocycles. The minimum absolute atomic E-state index is 0.0740. The van der Waals surface area contributed by atoms with Crippen LogP contribution >= 0.6 is 0 Å². The number of hydrogen-bond donors (Lipinski definition) is 1. The standard InChI is InChI=1S/C11H10N2O5S/c1-7(14)10-6-11(15)13(12-10)8-2-4-9(5-3-8)19(16,17)18/h2-5H,6H2,1H3,(H,16,17,18). The van der Waals surface area contributed by atoms with Gasteiger partial charge in [0.2, 0.25) is 0 Å². The fourth-order valence-corrected chi connectivity index (χ4v) is 2.07. The van der Waals surface area contributed by atoms with E-state index in [2.05, 4.69) is 5.10 Å². The van der Waals surface area contributed by atoms with Crippen LogP contribution in [0.3, 0.4) is 0 Å². The minimum Gasteiger partial charge on any atom is -0.293 e. The number of Topliss-reactive ketones (excluding diaryl/α,β-unsaturated/α-hetero) is 1. The summed E-state index contributed by atoms with van der Waals surface area (Å²) in [7, 11) is -4.27. The number of hydrazone groups is 1. The highest BCUT2D eigenvalue weighted by molar-refractivity contribution is 7.85. The van der Waals surface area contributed by atoms with E-state index in [1.807, 2.05) is 0 Å². The predicted octanol–water partition coefficient (Wildman–Crippen LogP) is 0.615. The lowest BCUT2D eigenvalue weighted by Gasteiger charge is -2.11. The Balaban J connectivity index is 2.34. The molecule has 0 unspecified atom stereocenters. The Morgan fingerprint density at radius 1 is 1.32 bits per heavy atom. The second-order valence-corrected chi connectivity index (χ2v) is 5.38. The van der Waals surface area contributed by atoms with Crippen LogP contribution in [0.5, 0.6) is 0 Å². The first-order chi connectivity index (χ1) is 8.79. The van der Waals surface area contributed by atoms with Gasteiger partial charge in [0.15, 0.2) is 5.78 Å². The molecule has 2 rings (SSSR count). The molecule has 0 bridgehead atoms. The zero-order chi connectivity index (χ0) is 14.2. The quantitative estimate of drug-likeness (QED) is 0.818. The van der Waals surface area contributed by atoms with Crippen LogP contribution in [0.4, 0.5) is 5.69 Å². The maximum atomic E-state index is 11.7. The Morgan fingerprint density at radius 2 is 1.89 bits per heavy atom. The molecular formula is C11H10N2O5S. The number of hydrogen-bond acceptors (Lipinski definition) is 5. The number of amides is 1. The molecule has 1 aromatic rings. The van der Waals surface area contributed by atoms with Gasteiger partial charge in [-0.3, -0.25) is 14.1 Å². The third-order valence-electron chi connectivity index (χ3n) is 2.56. The number of ketones is 1. The maximum absolute atomic E-state index is 11.7. The van der Waals surface area contributed by atoms with Crippen molar-refractivity contribution in [3.05, 3.63) is 24.3 Å². The lowest BCUT2D eigenvalue weighted by molar-refractivity contribution is -0.117. The zero-order valence-corrected chi connectivity index (χ0v) is 10.7. The molecule has 19 heavy (non-hydrogen) atoms. The van der Waals surface area contributed by atoms with Gasteiger partial charge in [-0.1, -0.05) is 0 Å². The van der Waals surface area contributed by atoms with Crippen LogP contribution in [0.25, 0.3) is 0 Å². The molecule has 0 spiro atoms. The Kier molecular flexibility index (Phi) is 3.21. The molecule has 1 amide bonds. The van der Waals surface area contributed by atoms with Crippen LogP contribution in [0.15, 0.2) is 34.3 Å². The summed E-state index contributed by atoms with van der Waals surface area (Å²) in [6.07, 6.45) is -0.0740. The molecule has 0 radical (unpaired) electrons. The molecule has 0 saturated carbocycles. The Hall–Kier alpha value is -2.06. The fraction of sp³-hybridized carbons (Fsp3) is 0.182. The lowest BCUT2D eigenvalue weighted by atomic mass is 10.2. The van der Waals surface area contributed by atoms with Gasteiger partial charge in [0.25, 0.3) is 16.0 Å². The number of benzene rings is 1. The van der Waals surface area contributed by atoms with Gasteiger partial charge in [0.1, 0.15) is 5.71 Å². The Labute approximate surface area is 109 Å². The minimum atomic E-state index is -4.27. The monoisotopic (exact) mass is 282 g/mol. The summed E-state index contributed by atoms with van der Waals surface area (Å²) in [6, 6.07) is 4.96. The highest BCUT2D eigenvalue weighted by Gasteiger charge is 2.27. The van der Waals surface area contributed by atoms with Crippen LogP contribution in [-0.4, -0.2) is 30.4 Å². The average molecular weight is 282 g/mol. The van der Waals surface area contributed by atoms with Crippen molar-refractivity contribution in [3.63, 3.8) is 0 Å². The van der Waals surface area contributed by atoms with Gasteiger partial charge >= 0.3 is 0 Å². The first kappa shape index (κ1) is 13.4. The van der Waals surface area contributed by atoms with Gasteiger partial charge < -0.3 is 0 Å². The van der Waals surface area contributed by atoms with E-state index in [-0.39, 0.29) is 28.7 Å². The third-order valence-corrected chi connectivity index (χ3v) is 3.43. The lowest BCUT2D eigenvalue weighted by Crippen LogP contribution is -2.19. The second kappa shape index (κ2) is 4.56. The van der Waals surface area contributed by atoms with E-state index in [1.165, 1.54) is 19.1 Å². The molecule has 0 saturated heterocycles. The maximum Gasteiger partial charge on any atom is 0.294 e. The highest BCUT2D eigenvalue weighted by atomic mass is 32.2. The fourth-order valence-electron chi connectivity index (χ4n) is 1.59. The van der Waals surface area contributed by atoms with Gasteiger partial charge in [-0.2, -0.15) is 13.5 Å². The van der Waals surface area contributed by atoms with Crippen LogP contribution < -0.4 is 5.01 Å². The van der Waals surface area contributed by atoms with Crippen LogP contribution in [0, 0.1) is 0 Å². The summed E-state index contributed by atoms with van der Waals surface area (Å²) in [6.45, 7) is 1.32. The van der Waals surface area contributed by atoms with E-state index >= 15 is 0 Å². The van der Waals surface area contributed by atoms with Crippen molar-refractivity contribution in [2.24, 2.45) is 5.10 Å². The van der Waals surface area contributed by atoms with Crippen molar-refractivity contribution >= 4 is 33.2 Å². The summed E-state index contributed by atoms with van der Waals surface area (Å²) in [5.41, 5.74) is 0.484. The van der Waals surface area contributed by atoms with E-state index in [4.69, 9.17) is 4.55 Å². The summed E-state index contributed by atoms with van der Waals surface area (Å²) >= 11 is 0. The molecule has 1 N–H and O–H groups in total. The van der Waals surface area contributed by atoms with Crippen LogP contribution in [-0.2, 0) is 19.7 Å². The van der Waals surface area contributed by atoms with Gasteiger partial charge in [0.05, 0.1) is 17.0 Å². The highest BCUT2D eigenvalue weighted by Crippen LogP contribution is 2.22. The molecule has 0 atom stereocenters. The van der Waals surface area contributed by atoms with Crippen LogP contribution in [0.2, 0.25) is 0 Å². The van der Waals surface area contributed by atoms with E-state index in [9.17, 15) is 18.0 Å². The SMILES string of the molecule is CC(=O)C1=NN(c2ccc(S(=O)(=O)O)cc2)C(=O)C1. The molecule has 7 nitrogen and oxygen atoms in total. The number of carbonyl (C=O) groups is 2. The Bertz CT molecular complexity index is 676. The van der Waals surface area contributed by atoms with Gasteiger partial charge in [-0.05, 0) is 24.3 Å². The first-order valence-corrected chi connectivity index (χ1v) is 6.72. The number of nitrogens with zero attached hydrogens (tertiary/aromatic N) is 2. The molecule has 1 aromatic carbocycles. The number of anilines is 1. The molecule has 1 aliphatic heterocycles. The molecule has 0 fully saturated rings. The van der Waals surface area contributed by atoms with Crippen molar-refractivity contribution in [2.45, 2.75) is 18.2 Å². The summed E-state index contributed by atoms with van der Waals surface area (Å²) in [4.78, 5) is 22.5. The first-order valence-electron chi connectivity index (χ1n) is 5.28. The molecule has 1 heterocycles. The normalized spacial score (nSPS) is 15.6. The van der Waals surface area contributed by atoms with E-state index in [0.29, 0.717) is 5.69 Å². The molecule has 1 aliphatic rings.